The Labute approximate surface area is 81.3 Å². The first-order chi connectivity index (χ1) is 6.40. The second-order valence-electron chi connectivity index (χ2n) is 4.10. The van der Waals surface area contributed by atoms with Crippen molar-refractivity contribution in [2.24, 2.45) is 0 Å². The van der Waals surface area contributed by atoms with Gasteiger partial charge in [0.1, 0.15) is 12.8 Å². The molecule has 2 fully saturated rings. The van der Waals surface area contributed by atoms with E-state index in [-0.39, 0.29) is 0 Å². The molecule has 1 heterocycles. The number of nitrogens with zero attached hydrogens (tertiary/aromatic N) is 1. The average Bonchev–Trinajstić information content (AvgIpc) is 2.12. The molecule has 1 saturated carbocycles. The van der Waals surface area contributed by atoms with Crippen molar-refractivity contribution in [3.8, 4) is 0 Å². The van der Waals surface area contributed by atoms with Crippen LogP contribution in [0.5, 0.6) is 0 Å². The minimum absolute atomic E-state index is 0.570. The van der Waals surface area contributed by atoms with Crippen LogP contribution in [0.1, 0.15) is 32.6 Å². The van der Waals surface area contributed by atoms with E-state index < -0.39 is 0 Å². The molecule has 0 atom stereocenters. The third-order valence-corrected chi connectivity index (χ3v) is 3.23. The summed E-state index contributed by atoms with van der Waals surface area (Å²) in [6.07, 6.45) is 8.10. The van der Waals surface area contributed by atoms with Crippen molar-refractivity contribution in [3.63, 3.8) is 0 Å². The van der Waals surface area contributed by atoms with E-state index in [1.54, 1.807) is 0 Å². The number of rotatable bonds is 3. The highest BCUT2D eigenvalue weighted by atomic mass is 16.5. The maximum atomic E-state index is 5.56. The molecule has 13 heavy (non-hydrogen) atoms. The normalized spacial score (nSPS) is 35.2. The second kappa shape index (κ2) is 4.34. The van der Waals surface area contributed by atoms with E-state index >= 15 is 0 Å². The Morgan fingerprint density at radius 1 is 1.31 bits per heavy atom. The average molecular weight is 182 g/mol. The Hall–Kier alpha value is -0.210. The maximum Gasteiger partial charge on any atom is 0.100 e. The first-order valence-electron chi connectivity index (χ1n) is 5.57. The molecule has 0 aromatic heterocycles. The molecule has 0 unspecified atom stereocenters. The third kappa shape index (κ3) is 2.18. The molecule has 0 bridgehead atoms. The van der Waals surface area contributed by atoms with E-state index in [4.69, 9.17) is 4.74 Å². The van der Waals surface area contributed by atoms with E-state index in [9.17, 15) is 0 Å². The largest absolute Gasteiger partial charge is 0.378 e. The molecule has 0 spiro atoms. The first kappa shape index (κ1) is 9.35. The van der Waals surface area contributed by atoms with Gasteiger partial charge in [0.2, 0.25) is 0 Å². The van der Waals surface area contributed by atoms with Gasteiger partial charge < -0.3 is 4.74 Å². The number of likely N-dealkylation sites (tertiary alicyclic amines) is 1. The van der Waals surface area contributed by atoms with Crippen LogP contribution in [0.3, 0.4) is 0 Å². The Bertz CT molecular complexity index is 148. The molecule has 1 aliphatic carbocycles. The van der Waals surface area contributed by atoms with Crippen molar-refractivity contribution in [3.05, 3.63) is 6.42 Å². The molecule has 0 radical (unpaired) electrons. The minimum atomic E-state index is 0.570. The lowest BCUT2D eigenvalue weighted by atomic mass is 9.86. The van der Waals surface area contributed by atoms with Gasteiger partial charge in [-0.3, -0.25) is 4.90 Å². The summed E-state index contributed by atoms with van der Waals surface area (Å²) < 4.78 is 5.56. The molecule has 1 saturated heterocycles. The van der Waals surface area contributed by atoms with Crippen molar-refractivity contribution >= 4 is 0 Å². The van der Waals surface area contributed by atoms with Crippen molar-refractivity contribution in [2.45, 2.75) is 44.8 Å². The number of piperidine rings is 1. The Morgan fingerprint density at radius 2 is 2.00 bits per heavy atom. The monoisotopic (exact) mass is 182 g/mol. The van der Waals surface area contributed by atoms with Crippen LogP contribution in [0.4, 0.5) is 0 Å². The van der Waals surface area contributed by atoms with Gasteiger partial charge in [0.25, 0.3) is 0 Å². The molecule has 2 heteroatoms. The molecular formula is C11H20NO+. The van der Waals surface area contributed by atoms with Gasteiger partial charge in [0.05, 0.1) is 12.5 Å². The van der Waals surface area contributed by atoms with Crippen LogP contribution in [0.2, 0.25) is 0 Å². The highest BCUT2D eigenvalue weighted by Crippen LogP contribution is 2.29. The van der Waals surface area contributed by atoms with Crippen LogP contribution in [0, 0.1) is 6.42 Å². The lowest BCUT2D eigenvalue weighted by Gasteiger charge is -2.42. The fourth-order valence-corrected chi connectivity index (χ4v) is 2.34. The summed E-state index contributed by atoms with van der Waals surface area (Å²) in [5.74, 6) is 0. The highest BCUT2D eigenvalue weighted by molar-refractivity contribution is 4.91. The topological polar surface area (TPSA) is 12.5 Å². The smallest absolute Gasteiger partial charge is 0.100 e. The van der Waals surface area contributed by atoms with Crippen LogP contribution in [0.25, 0.3) is 0 Å². The molecule has 2 nitrogen and oxygen atoms in total. The highest BCUT2D eigenvalue weighted by Gasteiger charge is 2.35. The van der Waals surface area contributed by atoms with Gasteiger partial charge in [-0.1, -0.05) is 0 Å². The molecular weight excluding hydrogens is 162 g/mol. The van der Waals surface area contributed by atoms with Gasteiger partial charge >= 0.3 is 0 Å². The van der Waals surface area contributed by atoms with Crippen molar-refractivity contribution in [1.29, 1.82) is 0 Å². The summed E-state index contributed by atoms with van der Waals surface area (Å²) in [6.45, 7) is 5.53. The number of ether oxygens (including phenoxy) is 1. The summed E-state index contributed by atoms with van der Waals surface area (Å²) >= 11 is 0. The summed E-state index contributed by atoms with van der Waals surface area (Å²) in [7, 11) is 0. The van der Waals surface area contributed by atoms with E-state index in [0.29, 0.717) is 6.10 Å². The van der Waals surface area contributed by atoms with Gasteiger partial charge in [-0.15, -0.1) is 0 Å². The van der Waals surface area contributed by atoms with E-state index in [0.717, 1.165) is 12.6 Å². The quantitative estimate of drug-likeness (QED) is 0.618. The Kier molecular flexibility index (Phi) is 3.12. The molecule has 0 amide bonds. The van der Waals surface area contributed by atoms with Gasteiger partial charge in [0.15, 0.2) is 0 Å². The van der Waals surface area contributed by atoms with Crippen molar-refractivity contribution in [1.82, 2.24) is 4.90 Å². The molecule has 0 aromatic rings. The van der Waals surface area contributed by atoms with Crippen molar-refractivity contribution < 1.29 is 4.74 Å². The van der Waals surface area contributed by atoms with Crippen LogP contribution in [-0.4, -0.2) is 36.7 Å². The Balaban J connectivity index is 1.66. The Morgan fingerprint density at radius 3 is 2.62 bits per heavy atom. The lowest BCUT2D eigenvalue weighted by Crippen LogP contribution is -2.49. The van der Waals surface area contributed by atoms with Crippen LogP contribution in [-0.2, 0) is 4.74 Å². The molecule has 2 rings (SSSR count). The molecule has 2 aliphatic rings. The molecule has 74 valence electrons. The second-order valence-corrected chi connectivity index (χ2v) is 4.10. The zero-order chi connectivity index (χ0) is 9.10. The fourth-order valence-electron chi connectivity index (χ4n) is 2.34. The molecule has 1 aliphatic heterocycles. The maximum absolute atomic E-state index is 5.56. The van der Waals surface area contributed by atoms with Gasteiger partial charge in [-0.25, -0.2) is 0 Å². The van der Waals surface area contributed by atoms with Crippen LogP contribution in [0.15, 0.2) is 0 Å². The summed E-state index contributed by atoms with van der Waals surface area (Å²) in [5, 5.41) is 0. The minimum Gasteiger partial charge on any atom is -0.378 e. The summed E-state index contributed by atoms with van der Waals surface area (Å²) in [4.78, 5) is 2.63. The summed E-state index contributed by atoms with van der Waals surface area (Å²) in [6, 6.07) is 0.838. The fraction of sp³-hybridized carbons (Fsp3) is 0.909. The van der Waals surface area contributed by atoms with Crippen molar-refractivity contribution in [2.75, 3.05) is 19.7 Å². The molecule has 0 N–H and O–H groups in total. The SMILES string of the molecule is CCOC1CC(N2CC[CH+]CC2)C1. The van der Waals surface area contributed by atoms with Gasteiger partial charge in [0, 0.05) is 25.7 Å². The zero-order valence-corrected chi connectivity index (χ0v) is 8.54. The third-order valence-electron chi connectivity index (χ3n) is 3.23. The zero-order valence-electron chi connectivity index (χ0n) is 8.54. The van der Waals surface area contributed by atoms with Crippen LogP contribution < -0.4 is 0 Å². The van der Waals surface area contributed by atoms with Gasteiger partial charge in [-0.2, -0.15) is 0 Å². The predicted molar refractivity (Wildman–Crippen MR) is 53.5 cm³/mol. The standard InChI is InChI=1S/C11H20NO/c1-2-13-11-8-10(9-11)12-6-4-3-5-7-12/h3,10-11H,2,4-9H2,1H3/q+1. The van der Waals surface area contributed by atoms with E-state index in [1.165, 1.54) is 38.8 Å². The number of hydrogen-bond acceptors (Lipinski definition) is 2. The first-order valence-corrected chi connectivity index (χ1v) is 5.57. The predicted octanol–water partition coefficient (Wildman–Crippen LogP) is 1.85. The molecule has 0 aromatic carbocycles. The van der Waals surface area contributed by atoms with E-state index in [1.807, 2.05) is 0 Å². The summed E-state index contributed by atoms with van der Waals surface area (Å²) in [5.41, 5.74) is 0. The van der Waals surface area contributed by atoms with Gasteiger partial charge in [-0.05, 0) is 19.8 Å². The number of hydrogen-bond donors (Lipinski definition) is 0. The van der Waals surface area contributed by atoms with Crippen LogP contribution >= 0.6 is 0 Å². The van der Waals surface area contributed by atoms with E-state index in [2.05, 4.69) is 18.2 Å². The lowest BCUT2D eigenvalue weighted by molar-refractivity contribution is -0.0482.